The summed E-state index contributed by atoms with van der Waals surface area (Å²) in [5.74, 6) is 0.789. The number of aromatic nitrogens is 2. The summed E-state index contributed by atoms with van der Waals surface area (Å²) >= 11 is 0. The highest BCUT2D eigenvalue weighted by atomic mass is 127. The van der Waals surface area contributed by atoms with Crippen LogP contribution in [0, 0.1) is 13.8 Å². The molecule has 0 bridgehead atoms. The molecule has 0 aliphatic carbocycles. The summed E-state index contributed by atoms with van der Waals surface area (Å²) in [5.41, 5.74) is 7.16. The lowest BCUT2D eigenvalue weighted by atomic mass is 10.1. The molecular formula is C26H36IN5O. The smallest absolute Gasteiger partial charge is 0.191 e. The summed E-state index contributed by atoms with van der Waals surface area (Å²) in [6.07, 6.45) is 0.899. The van der Waals surface area contributed by atoms with Gasteiger partial charge in [-0.2, -0.15) is 5.10 Å². The Bertz CT molecular complexity index is 1030. The molecule has 0 saturated heterocycles. The van der Waals surface area contributed by atoms with Crippen molar-refractivity contribution in [2.45, 2.75) is 53.0 Å². The van der Waals surface area contributed by atoms with E-state index in [0.29, 0.717) is 19.8 Å². The number of hydrogen-bond acceptors (Lipinski definition) is 3. The SMILES string of the molecule is CN=C(NCc1ccccc1COCc1ccccc1)NC(C)Cc1c(C)nn(C)c1C.I. The molecule has 2 N–H and O–H groups in total. The Morgan fingerprint density at radius 2 is 1.70 bits per heavy atom. The van der Waals surface area contributed by atoms with E-state index in [2.05, 4.69) is 77.9 Å². The molecule has 1 unspecified atom stereocenters. The van der Waals surface area contributed by atoms with Gasteiger partial charge in [0.25, 0.3) is 0 Å². The third kappa shape index (κ3) is 7.85. The van der Waals surface area contributed by atoms with Gasteiger partial charge in [0.1, 0.15) is 0 Å². The second-order valence-corrected chi connectivity index (χ2v) is 8.20. The molecule has 1 atom stereocenters. The maximum absolute atomic E-state index is 5.95. The topological polar surface area (TPSA) is 63.5 Å². The van der Waals surface area contributed by atoms with Crippen LogP contribution in [0.15, 0.2) is 59.6 Å². The zero-order valence-electron chi connectivity index (χ0n) is 20.3. The Labute approximate surface area is 214 Å². The third-order valence-electron chi connectivity index (χ3n) is 5.71. The first-order chi connectivity index (χ1) is 15.5. The van der Waals surface area contributed by atoms with E-state index in [1.54, 1.807) is 7.05 Å². The Hall–Kier alpha value is -2.39. The molecule has 178 valence electrons. The van der Waals surface area contributed by atoms with Crippen molar-refractivity contribution in [3.05, 3.63) is 88.2 Å². The highest BCUT2D eigenvalue weighted by Gasteiger charge is 2.14. The van der Waals surface area contributed by atoms with Crippen molar-refractivity contribution in [1.82, 2.24) is 20.4 Å². The summed E-state index contributed by atoms with van der Waals surface area (Å²) < 4.78 is 7.90. The lowest BCUT2D eigenvalue weighted by molar-refractivity contribution is 0.106. The largest absolute Gasteiger partial charge is 0.372 e. The molecule has 0 amide bonds. The number of halogens is 1. The number of nitrogens with zero attached hydrogens (tertiary/aromatic N) is 3. The van der Waals surface area contributed by atoms with Gasteiger partial charge in [-0.1, -0.05) is 54.6 Å². The fraction of sp³-hybridized carbons (Fsp3) is 0.385. The number of benzene rings is 2. The summed E-state index contributed by atoms with van der Waals surface area (Å²) in [4.78, 5) is 4.41. The predicted octanol–water partition coefficient (Wildman–Crippen LogP) is 4.67. The fourth-order valence-electron chi connectivity index (χ4n) is 3.80. The monoisotopic (exact) mass is 561 g/mol. The number of rotatable bonds is 9. The van der Waals surface area contributed by atoms with E-state index >= 15 is 0 Å². The van der Waals surface area contributed by atoms with Crippen molar-refractivity contribution in [1.29, 1.82) is 0 Å². The predicted molar refractivity (Wildman–Crippen MR) is 146 cm³/mol. The van der Waals surface area contributed by atoms with Gasteiger partial charge >= 0.3 is 0 Å². The van der Waals surface area contributed by atoms with Crippen LogP contribution in [-0.2, 0) is 38.0 Å². The van der Waals surface area contributed by atoms with Crippen LogP contribution in [0.25, 0.3) is 0 Å². The van der Waals surface area contributed by atoms with Gasteiger partial charge in [-0.15, -0.1) is 24.0 Å². The van der Waals surface area contributed by atoms with Crippen LogP contribution in [0.3, 0.4) is 0 Å². The van der Waals surface area contributed by atoms with E-state index in [0.717, 1.165) is 18.1 Å². The lowest BCUT2D eigenvalue weighted by Crippen LogP contribution is -2.42. The maximum Gasteiger partial charge on any atom is 0.191 e. The van der Waals surface area contributed by atoms with Gasteiger partial charge in [-0.3, -0.25) is 9.67 Å². The summed E-state index contributed by atoms with van der Waals surface area (Å²) in [7, 11) is 3.79. The lowest BCUT2D eigenvalue weighted by Gasteiger charge is -2.19. The molecule has 0 radical (unpaired) electrons. The van der Waals surface area contributed by atoms with Gasteiger partial charge in [0.05, 0.1) is 18.9 Å². The summed E-state index contributed by atoms with van der Waals surface area (Å²) in [5, 5.41) is 11.5. The van der Waals surface area contributed by atoms with Crippen molar-refractivity contribution >= 4 is 29.9 Å². The number of ether oxygens (including phenoxy) is 1. The first-order valence-corrected chi connectivity index (χ1v) is 11.1. The van der Waals surface area contributed by atoms with Crippen LogP contribution in [0.2, 0.25) is 0 Å². The van der Waals surface area contributed by atoms with Crippen molar-refractivity contribution in [2.75, 3.05) is 7.05 Å². The molecule has 3 aromatic rings. The molecule has 0 fully saturated rings. The van der Waals surface area contributed by atoms with Crippen LogP contribution < -0.4 is 10.6 Å². The van der Waals surface area contributed by atoms with Gasteiger partial charge in [-0.05, 0) is 49.4 Å². The molecule has 1 aromatic heterocycles. The van der Waals surface area contributed by atoms with E-state index in [-0.39, 0.29) is 30.0 Å². The van der Waals surface area contributed by atoms with Crippen LogP contribution in [-0.4, -0.2) is 28.8 Å². The number of aliphatic imine (C=N–C) groups is 1. The zero-order valence-corrected chi connectivity index (χ0v) is 22.6. The highest BCUT2D eigenvalue weighted by molar-refractivity contribution is 14.0. The van der Waals surface area contributed by atoms with E-state index in [9.17, 15) is 0 Å². The van der Waals surface area contributed by atoms with Crippen molar-refractivity contribution in [3.63, 3.8) is 0 Å². The molecule has 0 spiro atoms. The Morgan fingerprint density at radius 1 is 1.03 bits per heavy atom. The number of aryl methyl sites for hydroxylation is 2. The van der Waals surface area contributed by atoms with E-state index < -0.39 is 0 Å². The molecule has 3 rings (SSSR count). The summed E-state index contributed by atoms with van der Waals surface area (Å²) in [6.45, 7) is 8.22. The zero-order chi connectivity index (χ0) is 22.9. The van der Waals surface area contributed by atoms with Crippen molar-refractivity contribution in [2.24, 2.45) is 12.0 Å². The molecule has 0 saturated carbocycles. The molecule has 0 aliphatic rings. The van der Waals surface area contributed by atoms with Crippen molar-refractivity contribution in [3.8, 4) is 0 Å². The Kier molecular flexibility index (Phi) is 10.9. The normalized spacial score (nSPS) is 12.2. The van der Waals surface area contributed by atoms with Gasteiger partial charge < -0.3 is 15.4 Å². The Morgan fingerprint density at radius 3 is 2.33 bits per heavy atom. The minimum Gasteiger partial charge on any atom is -0.372 e. The third-order valence-corrected chi connectivity index (χ3v) is 5.71. The molecule has 1 heterocycles. The number of nitrogens with one attached hydrogen (secondary N) is 2. The van der Waals surface area contributed by atoms with Gasteiger partial charge in [0, 0.05) is 32.4 Å². The minimum atomic E-state index is 0. The molecule has 7 heteroatoms. The molecular weight excluding hydrogens is 525 g/mol. The first kappa shape index (κ1) is 26.9. The fourth-order valence-corrected chi connectivity index (χ4v) is 3.80. The standard InChI is InChI=1S/C26H35N5O.HI/c1-19(15-25-20(2)30-31(5)21(25)3)29-26(27-4)28-16-23-13-9-10-14-24(23)18-32-17-22-11-7-6-8-12-22;/h6-14,19H,15-18H2,1-5H3,(H2,27,28,29);1H. The average Bonchev–Trinajstić information content (AvgIpc) is 3.04. The Balaban J connectivity index is 0.00000385. The average molecular weight is 562 g/mol. The van der Waals surface area contributed by atoms with E-state index in [1.807, 2.05) is 29.9 Å². The first-order valence-electron chi connectivity index (χ1n) is 11.1. The number of hydrogen-bond donors (Lipinski definition) is 2. The van der Waals surface area contributed by atoms with Crippen LogP contribution >= 0.6 is 24.0 Å². The van der Waals surface area contributed by atoms with Gasteiger partial charge in [0.15, 0.2) is 5.96 Å². The molecule has 6 nitrogen and oxygen atoms in total. The van der Waals surface area contributed by atoms with Crippen LogP contribution in [0.4, 0.5) is 0 Å². The molecule has 33 heavy (non-hydrogen) atoms. The number of guanidine groups is 1. The van der Waals surface area contributed by atoms with Gasteiger partial charge in [-0.25, -0.2) is 0 Å². The molecule has 0 aliphatic heterocycles. The van der Waals surface area contributed by atoms with E-state index in [4.69, 9.17) is 4.74 Å². The van der Waals surface area contributed by atoms with Crippen LogP contribution in [0.1, 0.15) is 40.6 Å². The van der Waals surface area contributed by atoms with E-state index in [1.165, 1.54) is 27.9 Å². The van der Waals surface area contributed by atoms with Crippen molar-refractivity contribution < 1.29 is 4.74 Å². The summed E-state index contributed by atoms with van der Waals surface area (Å²) in [6, 6.07) is 18.8. The molecule has 2 aromatic carbocycles. The second-order valence-electron chi connectivity index (χ2n) is 8.20. The minimum absolute atomic E-state index is 0. The van der Waals surface area contributed by atoms with Crippen LogP contribution in [0.5, 0.6) is 0 Å². The quantitative estimate of drug-likeness (QED) is 0.227. The maximum atomic E-state index is 5.95. The van der Waals surface area contributed by atoms with Gasteiger partial charge in [0.2, 0.25) is 0 Å². The second kappa shape index (κ2) is 13.3. The highest BCUT2D eigenvalue weighted by Crippen LogP contribution is 2.14.